The van der Waals surface area contributed by atoms with Gasteiger partial charge in [-0.25, -0.2) is 4.79 Å². The molecule has 1 saturated carbocycles. The number of hydrogen-bond donors (Lipinski definition) is 3. The number of carbonyl (C=O) groups excluding carboxylic acids is 2. The molecule has 0 aromatic rings. The molecule has 1 heterocycles. The second kappa shape index (κ2) is 9.26. The highest BCUT2D eigenvalue weighted by Gasteiger charge is 2.47. The van der Waals surface area contributed by atoms with Crippen LogP contribution < -0.4 is 10.6 Å². The lowest BCUT2D eigenvalue weighted by molar-refractivity contribution is -0.246. The molecule has 3 atom stereocenters. The van der Waals surface area contributed by atoms with Crippen molar-refractivity contribution in [3.05, 3.63) is 0 Å². The fraction of sp³-hybridized carbons (Fsp3) is 0.917. The van der Waals surface area contributed by atoms with Gasteiger partial charge in [-0.1, -0.05) is 13.8 Å². The monoisotopic (exact) mass is 439 g/mol. The van der Waals surface area contributed by atoms with E-state index in [-0.39, 0.29) is 41.1 Å². The smallest absolute Gasteiger partial charge is 0.407 e. The Morgan fingerprint density at radius 1 is 1.13 bits per heavy atom. The lowest BCUT2D eigenvalue weighted by atomic mass is 9.79. The van der Waals surface area contributed by atoms with E-state index < -0.39 is 5.60 Å². The summed E-state index contributed by atoms with van der Waals surface area (Å²) in [6, 6.07) is 0.0765. The molecule has 2 aliphatic rings. The second-order valence-corrected chi connectivity index (χ2v) is 12.4. The van der Waals surface area contributed by atoms with Gasteiger partial charge in [0.2, 0.25) is 5.91 Å². The van der Waals surface area contributed by atoms with Crippen molar-refractivity contribution in [2.45, 2.75) is 123 Å². The predicted octanol–water partition coefficient (Wildman–Crippen LogP) is 4.48. The van der Waals surface area contributed by atoms with Crippen LogP contribution in [0.4, 0.5) is 4.79 Å². The number of piperidine rings is 1. The minimum absolute atomic E-state index is 0.0307. The molecule has 0 bridgehead atoms. The molecule has 2 amide bonds. The van der Waals surface area contributed by atoms with E-state index in [1.165, 1.54) is 5.06 Å². The molecule has 1 saturated heterocycles. The Morgan fingerprint density at radius 2 is 1.68 bits per heavy atom. The van der Waals surface area contributed by atoms with Crippen molar-refractivity contribution < 1.29 is 19.5 Å². The zero-order valence-electron chi connectivity index (χ0n) is 21.0. The van der Waals surface area contributed by atoms with Crippen LogP contribution in [0.2, 0.25) is 0 Å². The van der Waals surface area contributed by atoms with E-state index in [1.54, 1.807) is 0 Å². The third kappa shape index (κ3) is 7.63. The Hall–Kier alpha value is -1.34. The summed E-state index contributed by atoms with van der Waals surface area (Å²) < 4.78 is 5.44. The van der Waals surface area contributed by atoms with Crippen molar-refractivity contribution in [1.82, 2.24) is 15.7 Å². The lowest BCUT2D eigenvalue weighted by Crippen LogP contribution is -2.62. The van der Waals surface area contributed by atoms with Gasteiger partial charge in [0.1, 0.15) is 5.60 Å². The van der Waals surface area contributed by atoms with Crippen molar-refractivity contribution in [2.75, 3.05) is 0 Å². The Morgan fingerprint density at radius 3 is 2.16 bits per heavy atom. The minimum atomic E-state index is -0.527. The number of nitrogens with one attached hydrogen (secondary N) is 2. The van der Waals surface area contributed by atoms with Crippen LogP contribution in [-0.2, 0) is 9.53 Å². The molecule has 180 valence electrons. The van der Waals surface area contributed by atoms with E-state index in [9.17, 15) is 14.8 Å². The second-order valence-electron chi connectivity index (χ2n) is 12.4. The van der Waals surface area contributed by atoms with Gasteiger partial charge in [0.15, 0.2) is 0 Å². The maximum atomic E-state index is 12.8. The van der Waals surface area contributed by atoms with E-state index in [2.05, 4.69) is 24.5 Å². The average Bonchev–Trinajstić information content (AvgIpc) is 3.27. The van der Waals surface area contributed by atoms with Crippen LogP contribution in [-0.4, -0.2) is 51.0 Å². The molecule has 0 spiro atoms. The van der Waals surface area contributed by atoms with Crippen molar-refractivity contribution >= 4 is 12.0 Å². The SMILES string of the molecule is CC(C)CC(NC(=O)OC(C)(C)C)C1CC1CC(=O)NC1CC(C)(C)N(O)C(C)(C)C1. The summed E-state index contributed by atoms with van der Waals surface area (Å²) in [7, 11) is 0. The Labute approximate surface area is 188 Å². The van der Waals surface area contributed by atoms with Crippen molar-refractivity contribution in [3.8, 4) is 0 Å². The van der Waals surface area contributed by atoms with Gasteiger partial charge in [-0.2, -0.15) is 5.06 Å². The molecular weight excluding hydrogens is 394 g/mol. The first-order chi connectivity index (χ1) is 14.0. The molecule has 1 aliphatic heterocycles. The van der Waals surface area contributed by atoms with Crippen molar-refractivity contribution in [3.63, 3.8) is 0 Å². The number of ether oxygens (including phenoxy) is 1. The maximum Gasteiger partial charge on any atom is 0.407 e. The third-order valence-electron chi connectivity index (χ3n) is 6.37. The van der Waals surface area contributed by atoms with Crippen molar-refractivity contribution in [1.29, 1.82) is 0 Å². The van der Waals surface area contributed by atoms with Crippen LogP contribution in [0.15, 0.2) is 0 Å². The van der Waals surface area contributed by atoms with Gasteiger partial charge in [0, 0.05) is 29.6 Å². The zero-order chi connectivity index (χ0) is 23.8. The summed E-state index contributed by atoms with van der Waals surface area (Å²) in [5.41, 5.74) is -1.30. The minimum Gasteiger partial charge on any atom is -0.444 e. The van der Waals surface area contributed by atoms with Crippen molar-refractivity contribution in [2.24, 2.45) is 17.8 Å². The largest absolute Gasteiger partial charge is 0.444 e. The summed E-state index contributed by atoms with van der Waals surface area (Å²) in [6.07, 6.45) is 3.35. The zero-order valence-corrected chi connectivity index (χ0v) is 21.0. The predicted molar refractivity (Wildman–Crippen MR) is 122 cm³/mol. The first-order valence-corrected chi connectivity index (χ1v) is 11.8. The highest BCUT2D eigenvalue weighted by atomic mass is 16.6. The summed E-state index contributed by atoms with van der Waals surface area (Å²) in [5.74, 6) is 1.12. The first kappa shape index (κ1) is 25.9. The molecule has 0 aromatic heterocycles. The van der Waals surface area contributed by atoms with Gasteiger partial charge in [-0.3, -0.25) is 4.79 Å². The standard InChI is InChI=1S/C24H45N3O4/c1-15(2)10-19(26-21(29)31-22(3,4)5)18-11-16(18)12-20(28)25-17-13-23(6,7)27(30)24(8,9)14-17/h15-19,30H,10-14H2,1-9H3,(H,25,28)(H,26,29). The van der Waals surface area contributed by atoms with Gasteiger partial charge >= 0.3 is 6.09 Å². The third-order valence-corrected chi connectivity index (χ3v) is 6.37. The Kier molecular flexibility index (Phi) is 7.74. The first-order valence-electron chi connectivity index (χ1n) is 11.8. The van der Waals surface area contributed by atoms with Crippen LogP contribution in [0.25, 0.3) is 0 Å². The summed E-state index contributed by atoms with van der Waals surface area (Å²) in [4.78, 5) is 25.1. The fourth-order valence-corrected chi connectivity index (χ4v) is 5.20. The van der Waals surface area contributed by atoms with E-state index in [0.29, 0.717) is 31.1 Å². The van der Waals surface area contributed by atoms with Gasteiger partial charge in [0.05, 0.1) is 0 Å². The van der Waals surface area contributed by atoms with Gasteiger partial charge in [-0.05, 0) is 91.9 Å². The molecule has 3 unspecified atom stereocenters. The summed E-state index contributed by atoms with van der Waals surface area (Å²) in [6.45, 7) is 17.9. The van der Waals surface area contributed by atoms with Crippen LogP contribution in [0.3, 0.4) is 0 Å². The van der Waals surface area contributed by atoms with Crippen LogP contribution >= 0.6 is 0 Å². The lowest BCUT2D eigenvalue weighted by Gasteiger charge is -2.51. The van der Waals surface area contributed by atoms with E-state index in [1.807, 2.05) is 48.5 Å². The molecular formula is C24H45N3O4. The number of rotatable bonds is 7. The topological polar surface area (TPSA) is 90.9 Å². The molecule has 2 rings (SSSR count). The number of nitrogens with zero attached hydrogens (tertiary/aromatic N) is 1. The normalized spacial score (nSPS) is 26.9. The van der Waals surface area contributed by atoms with Crippen LogP contribution in [0.1, 0.15) is 94.4 Å². The van der Waals surface area contributed by atoms with Gasteiger partial charge in [0.25, 0.3) is 0 Å². The maximum absolute atomic E-state index is 12.8. The quantitative estimate of drug-likeness (QED) is 0.544. The molecule has 0 radical (unpaired) electrons. The number of hydrogen-bond acceptors (Lipinski definition) is 5. The summed E-state index contributed by atoms with van der Waals surface area (Å²) >= 11 is 0. The number of carbonyl (C=O) groups is 2. The summed E-state index contributed by atoms with van der Waals surface area (Å²) in [5, 5.41) is 18.1. The van der Waals surface area contributed by atoms with E-state index in [0.717, 1.165) is 12.8 Å². The van der Waals surface area contributed by atoms with Crippen LogP contribution in [0, 0.1) is 17.8 Å². The fourth-order valence-electron chi connectivity index (χ4n) is 5.20. The molecule has 31 heavy (non-hydrogen) atoms. The van der Waals surface area contributed by atoms with E-state index >= 15 is 0 Å². The highest BCUT2D eigenvalue weighted by molar-refractivity contribution is 5.77. The number of alkyl carbamates (subject to hydrolysis) is 1. The number of hydroxylamine groups is 2. The van der Waals surface area contributed by atoms with Gasteiger partial charge in [-0.15, -0.1) is 0 Å². The molecule has 7 nitrogen and oxygen atoms in total. The Bertz CT molecular complexity index is 636. The Balaban J connectivity index is 1.89. The molecule has 3 N–H and O–H groups in total. The average molecular weight is 440 g/mol. The van der Waals surface area contributed by atoms with Gasteiger partial charge < -0.3 is 20.6 Å². The molecule has 0 aromatic carbocycles. The van der Waals surface area contributed by atoms with E-state index in [4.69, 9.17) is 4.74 Å². The highest BCUT2D eigenvalue weighted by Crippen LogP contribution is 2.45. The van der Waals surface area contributed by atoms with Crippen LogP contribution in [0.5, 0.6) is 0 Å². The molecule has 7 heteroatoms. The molecule has 2 fully saturated rings. The molecule has 1 aliphatic carbocycles. The number of amides is 2.